The molecule has 1 aromatic carbocycles. The minimum absolute atomic E-state index is 0.0812. The summed E-state index contributed by atoms with van der Waals surface area (Å²) in [5.41, 5.74) is 6.82. The molecule has 0 atom stereocenters. The van der Waals surface area contributed by atoms with E-state index in [1.165, 1.54) is 0 Å². The Hall–Kier alpha value is -1.27. The second kappa shape index (κ2) is 4.68. The number of anilines is 2. The maximum Gasteiger partial charge on any atom is 0.258 e. The molecule has 0 aliphatic carbocycles. The molecule has 3 N–H and O–H groups in total. The second-order valence-electron chi connectivity index (χ2n) is 2.30. The van der Waals surface area contributed by atoms with Crippen LogP contribution in [0.3, 0.4) is 0 Å². The molecule has 1 aromatic rings. The first-order valence-electron chi connectivity index (χ1n) is 3.55. The van der Waals surface area contributed by atoms with Gasteiger partial charge in [-0.1, -0.05) is 6.07 Å². The molecule has 0 saturated heterocycles. The lowest BCUT2D eigenvalue weighted by molar-refractivity contribution is 0.360. The van der Waals surface area contributed by atoms with Crippen LogP contribution in [0.4, 0.5) is 11.4 Å². The maximum atomic E-state index is 10.0. The topological polar surface area (TPSA) is 81.4 Å². The number of hydrogen-bond acceptors (Lipinski definition) is 5. The van der Waals surface area contributed by atoms with Gasteiger partial charge in [-0.15, -0.1) is 0 Å². The lowest BCUT2D eigenvalue weighted by atomic mass is 10.3. The SMILES string of the molecule is Nc1cccc(NCO[SH](=O)=O)c1. The number of nitrogens with one attached hydrogen (secondary N) is 1. The normalized spacial score (nSPS) is 10.2. The molecule has 0 heterocycles. The van der Waals surface area contributed by atoms with Crippen molar-refractivity contribution in [3.63, 3.8) is 0 Å². The van der Waals surface area contributed by atoms with Gasteiger partial charge in [0.25, 0.3) is 11.0 Å². The predicted octanol–water partition coefficient (Wildman–Crippen LogP) is 0.181. The summed E-state index contributed by atoms with van der Waals surface area (Å²) in [6, 6.07) is 6.94. The molecule has 0 bridgehead atoms. The summed E-state index contributed by atoms with van der Waals surface area (Å²) in [6.07, 6.45) is 0. The minimum atomic E-state index is -2.80. The Morgan fingerprint density at radius 3 is 2.85 bits per heavy atom. The molecule has 0 saturated carbocycles. The lowest BCUT2D eigenvalue weighted by Crippen LogP contribution is -2.04. The van der Waals surface area contributed by atoms with E-state index in [4.69, 9.17) is 5.73 Å². The molecule has 5 nitrogen and oxygen atoms in total. The van der Waals surface area contributed by atoms with Crippen molar-refractivity contribution < 1.29 is 12.6 Å². The third-order valence-corrected chi connectivity index (χ3v) is 1.67. The summed E-state index contributed by atoms with van der Waals surface area (Å²) in [6.45, 7) is -0.0812. The quantitative estimate of drug-likeness (QED) is 0.368. The van der Waals surface area contributed by atoms with Crippen LogP contribution in [-0.2, 0) is 15.2 Å². The molecule has 0 aromatic heterocycles. The summed E-state index contributed by atoms with van der Waals surface area (Å²) < 4.78 is 24.3. The van der Waals surface area contributed by atoms with E-state index in [1.807, 2.05) is 0 Å². The molecule has 0 radical (unpaired) electrons. The number of benzene rings is 1. The van der Waals surface area contributed by atoms with Crippen LogP contribution in [-0.4, -0.2) is 15.1 Å². The van der Waals surface area contributed by atoms with Gasteiger partial charge in [0.15, 0.2) is 0 Å². The van der Waals surface area contributed by atoms with Crippen LogP contribution in [0.1, 0.15) is 0 Å². The third-order valence-electron chi connectivity index (χ3n) is 1.33. The average Bonchev–Trinajstić information content (AvgIpc) is 2.03. The van der Waals surface area contributed by atoms with Gasteiger partial charge in [0.1, 0.15) is 6.73 Å². The van der Waals surface area contributed by atoms with Gasteiger partial charge in [0.05, 0.1) is 0 Å². The van der Waals surface area contributed by atoms with Crippen LogP contribution in [0.25, 0.3) is 0 Å². The van der Waals surface area contributed by atoms with E-state index in [1.54, 1.807) is 24.3 Å². The molecule has 0 aliphatic heterocycles. The molecular weight excluding hydrogens is 192 g/mol. The highest BCUT2D eigenvalue weighted by Gasteiger charge is 1.91. The largest absolute Gasteiger partial charge is 0.399 e. The monoisotopic (exact) mass is 202 g/mol. The van der Waals surface area contributed by atoms with E-state index in [2.05, 4.69) is 9.50 Å². The molecule has 1 rings (SSSR count). The van der Waals surface area contributed by atoms with Gasteiger partial charge in [-0.05, 0) is 18.2 Å². The molecule has 0 unspecified atom stereocenters. The highest BCUT2D eigenvalue weighted by Crippen LogP contribution is 2.10. The van der Waals surface area contributed by atoms with E-state index in [0.717, 1.165) is 5.69 Å². The van der Waals surface area contributed by atoms with Gasteiger partial charge in [0, 0.05) is 11.4 Å². The van der Waals surface area contributed by atoms with Crippen molar-refractivity contribution >= 4 is 22.4 Å². The van der Waals surface area contributed by atoms with Crippen LogP contribution in [0.5, 0.6) is 0 Å². The predicted molar refractivity (Wildman–Crippen MR) is 50.7 cm³/mol. The zero-order valence-electron chi connectivity index (χ0n) is 6.77. The highest BCUT2D eigenvalue weighted by molar-refractivity contribution is 7.67. The molecule has 72 valence electrons. The Labute approximate surface area is 77.7 Å². The Balaban J connectivity index is 2.45. The van der Waals surface area contributed by atoms with Crippen molar-refractivity contribution in [1.82, 2.24) is 0 Å². The number of thiol groups is 1. The van der Waals surface area contributed by atoms with E-state index in [-0.39, 0.29) is 6.73 Å². The van der Waals surface area contributed by atoms with Gasteiger partial charge in [0.2, 0.25) is 0 Å². The lowest BCUT2D eigenvalue weighted by Gasteiger charge is -2.03. The van der Waals surface area contributed by atoms with Crippen LogP contribution in [0.2, 0.25) is 0 Å². The molecule has 0 fully saturated rings. The van der Waals surface area contributed by atoms with Crippen molar-refractivity contribution in [2.45, 2.75) is 0 Å². The van der Waals surface area contributed by atoms with E-state index >= 15 is 0 Å². The minimum Gasteiger partial charge on any atom is -0.399 e. The summed E-state index contributed by atoms with van der Waals surface area (Å²) in [5.74, 6) is 0. The van der Waals surface area contributed by atoms with E-state index in [9.17, 15) is 8.42 Å². The number of nitrogens with two attached hydrogens (primary N) is 1. The zero-order valence-corrected chi connectivity index (χ0v) is 7.66. The molecule has 13 heavy (non-hydrogen) atoms. The highest BCUT2D eigenvalue weighted by atomic mass is 32.2. The van der Waals surface area contributed by atoms with Gasteiger partial charge in [-0.2, -0.15) is 0 Å². The molecular formula is C7H10N2O3S. The fourth-order valence-electron chi connectivity index (χ4n) is 0.817. The van der Waals surface area contributed by atoms with E-state index < -0.39 is 11.0 Å². The average molecular weight is 202 g/mol. The van der Waals surface area contributed by atoms with Crippen molar-refractivity contribution in [2.24, 2.45) is 0 Å². The first-order valence-corrected chi connectivity index (χ1v) is 4.65. The van der Waals surface area contributed by atoms with Crippen LogP contribution in [0, 0.1) is 0 Å². The van der Waals surface area contributed by atoms with E-state index in [0.29, 0.717) is 5.69 Å². The van der Waals surface area contributed by atoms with Crippen molar-refractivity contribution in [3.05, 3.63) is 24.3 Å². The van der Waals surface area contributed by atoms with Gasteiger partial charge < -0.3 is 11.1 Å². The number of hydrogen-bond donors (Lipinski definition) is 3. The van der Waals surface area contributed by atoms with Crippen molar-refractivity contribution in [3.8, 4) is 0 Å². The molecule has 0 amide bonds. The third kappa shape index (κ3) is 3.77. The first-order chi connectivity index (χ1) is 6.18. The number of rotatable bonds is 4. The van der Waals surface area contributed by atoms with Gasteiger partial charge in [-0.25, -0.2) is 8.42 Å². The first kappa shape index (κ1) is 9.82. The van der Waals surface area contributed by atoms with Crippen LogP contribution in [0.15, 0.2) is 24.3 Å². The Morgan fingerprint density at radius 2 is 2.23 bits per heavy atom. The number of nitrogen functional groups attached to an aromatic ring is 1. The maximum absolute atomic E-state index is 10.0. The standard InChI is InChI=1S/C7H10N2O3S/c8-6-2-1-3-7(4-6)9-5-12-13(10)11/h1-4,9,13H,5,8H2. The molecule has 6 heteroatoms. The fourth-order valence-corrected chi connectivity index (χ4v) is 0.987. The van der Waals surface area contributed by atoms with Gasteiger partial charge in [-0.3, -0.25) is 4.18 Å². The van der Waals surface area contributed by atoms with Crippen LogP contribution < -0.4 is 11.1 Å². The molecule has 0 spiro atoms. The summed E-state index contributed by atoms with van der Waals surface area (Å²) >= 11 is 0. The summed E-state index contributed by atoms with van der Waals surface area (Å²) in [7, 11) is -2.80. The Morgan fingerprint density at radius 1 is 1.46 bits per heavy atom. The zero-order chi connectivity index (χ0) is 9.68. The van der Waals surface area contributed by atoms with Crippen molar-refractivity contribution in [2.75, 3.05) is 17.8 Å². The van der Waals surface area contributed by atoms with Gasteiger partial charge >= 0.3 is 0 Å². The summed E-state index contributed by atoms with van der Waals surface area (Å²) in [4.78, 5) is 0. The summed E-state index contributed by atoms with van der Waals surface area (Å²) in [5, 5.41) is 2.73. The Bertz CT molecular complexity index is 343. The Kier molecular flexibility index (Phi) is 3.53. The van der Waals surface area contributed by atoms with Crippen molar-refractivity contribution in [1.29, 1.82) is 0 Å². The fraction of sp³-hybridized carbons (Fsp3) is 0.143. The second-order valence-corrected chi connectivity index (χ2v) is 3.00. The molecule has 0 aliphatic rings. The van der Waals surface area contributed by atoms with Crippen LogP contribution >= 0.6 is 0 Å². The smallest absolute Gasteiger partial charge is 0.258 e.